The molecule has 0 amide bonds. The van der Waals surface area contributed by atoms with Crippen molar-refractivity contribution < 1.29 is 13.2 Å². The number of rotatable bonds is 6. The third-order valence-electron chi connectivity index (χ3n) is 3.11. The fraction of sp³-hybridized carbons (Fsp3) is 0.333. The van der Waals surface area contributed by atoms with Crippen LogP contribution < -0.4 is 4.72 Å². The van der Waals surface area contributed by atoms with E-state index in [2.05, 4.69) is 4.72 Å². The number of methoxy groups -OCH3 is 1. The lowest BCUT2D eigenvalue weighted by Gasteiger charge is -2.13. The highest BCUT2D eigenvalue weighted by molar-refractivity contribution is 7.89. The molecule has 0 aliphatic heterocycles. The molecular formula is C15H19NO3S. The summed E-state index contributed by atoms with van der Waals surface area (Å²) in [6.45, 7) is 2.83. The number of benzene rings is 2. The van der Waals surface area contributed by atoms with Crippen LogP contribution in [0.4, 0.5) is 0 Å². The van der Waals surface area contributed by atoms with E-state index in [0.717, 1.165) is 10.8 Å². The molecule has 0 saturated carbocycles. The molecule has 2 rings (SSSR count). The van der Waals surface area contributed by atoms with Crippen molar-refractivity contribution in [3.8, 4) is 0 Å². The van der Waals surface area contributed by atoms with Crippen LogP contribution in [0.25, 0.3) is 10.8 Å². The number of sulfonamides is 1. The van der Waals surface area contributed by atoms with Gasteiger partial charge in [-0.15, -0.1) is 0 Å². The SMILES string of the molecule is COCC(C)CNS(=O)(=O)c1cccc2ccccc12. The van der Waals surface area contributed by atoms with Crippen LogP contribution in [0.1, 0.15) is 6.92 Å². The van der Waals surface area contributed by atoms with Crippen LogP contribution in [-0.4, -0.2) is 28.7 Å². The van der Waals surface area contributed by atoms with Gasteiger partial charge < -0.3 is 4.74 Å². The van der Waals surface area contributed by atoms with Crippen molar-refractivity contribution in [3.05, 3.63) is 42.5 Å². The van der Waals surface area contributed by atoms with Gasteiger partial charge in [-0.3, -0.25) is 0 Å². The van der Waals surface area contributed by atoms with Crippen LogP contribution in [-0.2, 0) is 14.8 Å². The van der Waals surface area contributed by atoms with E-state index in [4.69, 9.17) is 4.74 Å². The molecule has 0 aliphatic rings. The molecule has 0 bridgehead atoms. The Labute approximate surface area is 119 Å². The quantitative estimate of drug-likeness (QED) is 0.890. The van der Waals surface area contributed by atoms with Gasteiger partial charge in [0.2, 0.25) is 10.0 Å². The summed E-state index contributed by atoms with van der Waals surface area (Å²) < 4.78 is 32.5. The van der Waals surface area contributed by atoms with Crippen LogP contribution in [0.15, 0.2) is 47.4 Å². The van der Waals surface area contributed by atoms with Gasteiger partial charge >= 0.3 is 0 Å². The minimum atomic E-state index is -3.51. The third kappa shape index (κ3) is 3.36. The first-order valence-electron chi connectivity index (χ1n) is 6.51. The molecule has 0 fully saturated rings. The van der Waals surface area contributed by atoms with Gasteiger partial charge in [0.05, 0.1) is 4.90 Å². The first-order valence-corrected chi connectivity index (χ1v) is 7.99. The summed E-state index contributed by atoms with van der Waals surface area (Å²) in [4.78, 5) is 0.320. The third-order valence-corrected chi connectivity index (χ3v) is 4.59. The predicted octanol–water partition coefficient (Wildman–Crippen LogP) is 2.40. The van der Waals surface area contributed by atoms with E-state index in [-0.39, 0.29) is 5.92 Å². The molecule has 0 aromatic heterocycles. The van der Waals surface area contributed by atoms with Crippen LogP contribution in [0.2, 0.25) is 0 Å². The molecule has 2 aromatic carbocycles. The van der Waals surface area contributed by atoms with E-state index in [0.29, 0.717) is 18.0 Å². The Balaban J connectivity index is 2.28. The zero-order chi connectivity index (χ0) is 14.6. The second kappa shape index (κ2) is 6.35. The highest BCUT2D eigenvalue weighted by Crippen LogP contribution is 2.22. The maximum atomic E-state index is 12.4. The summed E-state index contributed by atoms with van der Waals surface area (Å²) in [5.41, 5.74) is 0. The summed E-state index contributed by atoms with van der Waals surface area (Å²) in [5.74, 6) is 0.129. The summed E-state index contributed by atoms with van der Waals surface area (Å²) in [6.07, 6.45) is 0. The lowest BCUT2D eigenvalue weighted by atomic mass is 10.1. The van der Waals surface area contributed by atoms with Gasteiger partial charge in [0.25, 0.3) is 0 Å². The first-order chi connectivity index (χ1) is 9.54. The summed E-state index contributed by atoms with van der Waals surface area (Å²) in [7, 11) is -1.90. The highest BCUT2D eigenvalue weighted by atomic mass is 32.2. The van der Waals surface area contributed by atoms with E-state index >= 15 is 0 Å². The van der Waals surface area contributed by atoms with Gasteiger partial charge in [0.15, 0.2) is 0 Å². The highest BCUT2D eigenvalue weighted by Gasteiger charge is 2.17. The minimum Gasteiger partial charge on any atom is -0.384 e. The Morgan fingerprint density at radius 2 is 1.85 bits per heavy atom. The van der Waals surface area contributed by atoms with E-state index in [1.54, 1.807) is 19.2 Å². The molecule has 0 heterocycles. The summed E-state index contributed by atoms with van der Waals surface area (Å²) in [6, 6.07) is 12.8. The molecular weight excluding hydrogens is 274 g/mol. The summed E-state index contributed by atoms with van der Waals surface area (Å²) in [5, 5.41) is 1.65. The van der Waals surface area contributed by atoms with Gasteiger partial charge in [0.1, 0.15) is 0 Å². The molecule has 0 saturated heterocycles. The first kappa shape index (κ1) is 15.0. The molecule has 0 aliphatic carbocycles. The normalized spacial score (nSPS) is 13.5. The van der Waals surface area contributed by atoms with Crippen molar-refractivity contribution in [2.75, 3.05) is 20.3 Å². The Bertz CT molecular complexity index is 677. The number of nitrogens with one attached hydrogen (secondary N) is 1. The fourth-order valence-corrected chi connectivity index (χ4v) is 3.50. The molecule has 0 spiro atoms. The standard InChI is InChI=1S/C15H19NO3S/c1-12(11-19-2)10-16-20(17,18)15-9-5-7-13-6-3-4-8-14(13)15/h3-9,12,16H,10-11H2,1-2H3. The largest absolute Gasteiger partial charge is 0.384 e. The van der Waals surface area contributed by atoms with Gasteiger partial charge in [0, 0.05) is 25.6 Å². The molecule has 1 atom stereocenters. The summed E-state index contributed by atoms with van der Waals surface area (Å²) >= 11 is 0. The Kier molecular flexibility index (Phi) is 4.75. The van der Waals surface area contributed by atoms with Crippen molar-refractivity contribution in [1.82, 2.24) is 4.72 Å². The van der Waals surface area contributed by atoms with Crippen molar-refractivity contribution >= 4 is 20.8 Å². The molecule has 20 heavy (non-hydrogen) atoms. The maximum Gasteiger partial charge on any atom is 0.241 e. The molecule has 1 unspecified atom stereocenters. The maximum absolute atomic E-state index is 12.4. The lowest BCUT2D eigenvalue weighted by molar-refractivity contribution is 0.161. The average molecular weight is 293 g/mol. The van der Waals surface area contributed by atoms with Crippen molar-refractivity contribution in [1.29, 1.82) is 0 Å². The Morgan fingerprint density at radius 3 is 2.60 bits per heavy atom. The smallest absolute Gasteiger partial charge is 0.241 e. The second-order valence-corrected chi connectivity index (χ2v) is 6.63. The van der Waals surface area contributed by atoms with Gasteiger partial charge in [-0.1, -0.05) is 43.3 Å². The number of hydrogen-bond acceptors (Lipinski definition) is 3. The minimum absolute atomic E-state index is 0.129. The van der Waals surface area contributed by atoms with Crippen LogP contribution >= 0.6 is 0 Å². The van der Waals surface area contributed by atoms with Crippen molar-refractivity contribution in [2.24, 2.45) is 5.92 Å². The predicted molar refractivity (Wildman–Crippen MR) is 80.2 cm³/mol. The molecule has 5 heteroatoms. The van der Waals surface area contributed by atoms with Crippen LogP contribution in [0, 0.1) is 5.92 Å². The zero-order valence-corrected chi connectivity index (χ0v) is 12.5. The van der Waals surface area contributed by atoms with E-state index in [1.165, 1.54) is 0 Å². The average Bonchev–Trinajstić information content (AvgIpc) is 2.45. The fourth-order valence-electron chi connectivity index (χ4n) is 2.10. The van der Waals surface area contributed by atoms with E-state index < -0.39 is 10.0 Å². The zero-order valence-electron chi connectivity index (χ0n) is 11.7. The van der Waals surface area contributed by atoms with Gasteiger partial charge in [-0.2, -0.15) is 0 Å². The van der Waals surface area contributed by atoms with Crippen molar-refractivity contribution in [2.45, 2.75) is 11.8 Å². The number of hydrogen-bond donors (Lipinski definition) is 1. The van der Waals surface area contributed by atoms with Gasteiger partial charge in [-0.05, 0) is 17.4 Å². The Morgan fingerprint density at radius 1 is 1.15 bits per heavy atom. The number of ether oxygens (including phenoxy) is 1. The van der Waals surface area contributed by atoms with Crippen molar-refractivity contribution in [3.63, 3.8) is 0 Å². The monoisotopic (exact) mass is 293 g/mol. The Hall–Kier alpha value is -1.43. The number of fused-ring (bicyclic) bond motifs is 1. The molecule has 0 radical (unpaired) electrons. The topological polar surface area (TPSA) is 55.4 Å². The molecule has 4 nitrogen and oxygen atoms in total. The lowest BCUT2D eigenvalue weighted by Crippen LogP contribution is -2.30. The van der Waals surface area contributed by atoms with Gasteiger partial charge in [-0.25, -0.2) is 13.1 Å². The molecule has 108 valence electrons. The molecule has 1 N–H and O–H groups in total. The second-order valence-electron chi connectivity index (χ2n) is 4.89. The van der Waals surface area contributed by atoms with Crippen LogP contribution in [0.5, 0.6) is 0 Å². The molecule has 2 aromatic rings. The van der Waals surface area contributed by atoms with Crippen LogP contribution in [0.3, 0.4) is 0 Å². The van der Waals surface area contributed by atoms with E-state index in [1.807, 2.05) is 37.3 Å². The van der Waals surface area contributed by atoms with E-state index in [9.17, 15) is 8.42 Å².